The van der Waals surface area contributed by atoms with E-state index in [0.717, 1.165) is 11.3 Å². The van der Waals surface area contributed by atoms with E-state index in [-0.39, 0.29) is 31.2 Å². The van der Waals surface area contributed by atoms with Crippen LogP contribution in [0.15, 0.2) is 94.2 Å². The number of amides is 1. The fraction of sp³-hybridized carbons (Fsp3) is 0. The van der Waals surface area contributed by atoms with Crippen LogP contribution in [0.4, 0.5) is 16.5 Å². The first-order valence-corrected chi connectivity index (χ1v) is 14.1. The summed E-state index contributed by atoms with van der Waals surface area (Å²) in [5, 5.41) is 4.61. The van der Waals surface area contributed by atoms with Gasteiger partial charge in [-0.05, 0) is 54.6 Å². The topological polar surface area (TPSA) is 134 Å². The lowest BCUT2D eigenvalue weighted by Crippen LogP contribution is -2.16. The third-order valence-electron chi connectivity index (χ3n) is 4.59. The van der Waals surface area contributed by atoms with Crippen LogP contribution in [0, 0.1) is 0 Å². The Hall–Kier alpha value is -3.45. The van der Waals surface area contributed by atoms with Gasteiger partial charge in [0.2, 0.25) is 0 Å². The second-order valence-corrected chi connectivity index (χ2v) is 11.7. The number of nitrogens with one attached hydrogen (secondary N) is 3. The molecule has 4 aromatic rings. The highest BCUT2D eigenvalue weighted by Crippen LogP contribution is 2.25. The van der Waals surface area contributed by atoms with Crippen molar-refractivity contribution < 1.29 is 21.6 Å². The van der Waals surface area contributed by atoms with Crippen molar-refractivity contribution in [1.29, 1.82) is 0 Å². The van der Waals surface area contributed by atoms with E-state index in [1.54, 1.807) is 23.6 Å². The summed E-state index contributed by atoms with van der Waals surface area (Å²) in [6.45, 7) is 0. The summed E-state index contributed by atoms with van der Waals surface area (Å²) in [4.78, 5) is 16.8. The van der Waals surface area contributed by atoms with Gasteiger partial charge in [-0.1, -0.05) is 29.8 Å². The Morgan fingerprint density at radius 1 is 0.800 bits per heavy atom. The van der Waals surface area contributed by atoms with Crippen LogP contribution in [0.3, 0.4) is 0 Å². The smallest absolute Gasteiger partial charge is 0.263 e. The third kappa shape index (κ3) is 5.98. The van der Waals surface area contributed by atoms with Gasteiger partial charge in [-0.25, -0.2) is 21.8 Å². The van der Waals surface area contributed by atoms with Gasteiger partial charge < -0.3 is 5.32 Å². The van der Waals surface area contributed by atoms with Crippen molar-refractivity contribution in [3.8, 4) is 0 Å². The normalized spacial score (nSPS) is 11.6. The minimum absolute atomic E-state index is 0.0129. The second-order valence-electron chi connectivity index (χ2n) is 7.03. The second kappa shape index (κ2) is 10.0. The number of hydrogen-bond donors (Lipinski definition) is 3. The predicted octanol–water partition coefficient (Wildman–Crippen LogP) is 4.65. The number of thiazole rings is 1. The first-order valence-electron chi connectivity index (χ1n) is 9.85. The summed E-state index contributed by atoms with van der Waals surface area (Å²) in [5.41, 5.74) is 0.495. The molecule has 0 atom stereocenters. The molecule has 0 aliphatic rings. The molecule has 1 aromatic heterocycles. The number of anilines is 3. The van der Waals surface area contributed by atoms with E-state index in [2.05, 4.69) is 19.7 Å². The number of halogens is 1. The number of carbonyl (C=O) groups is 1. The highest BCUT2D eigenvalue weighted by atomic mass is 35.5. The maximum absolute atomic E-state index is 12.8. The Kier molecular flexibility index (Phi) is 7.08. The van der Waals surface area contributed by atoms with E-state index in [9.17, 15) is 21.6 Å². The highest BCUT2D eigenvalue weighted by molar-refractivity contribution is 7.93. The SMILES string of the molecule is O=C(Nc1ccc(S(=O)(=O)Nc2nccs2)cc1)c1cc(NS(=O)(=O)c2ccccc2)ccc1Cl. The molecule has 180 valence electrons. The third-order valence-corrected chi connectivity index (χ3v) is 8.49. The minimum atomic E-state index is -3.86. The summed E-state index contributed by atoms with van der Waals surface area (Å²) in [6, 6.07) is 17.4. The Labute approximate surface area is 210 Å². The molecule has 13 heteroatoms. The fourth-order valence-electron chi connectivity index (χ4n) is 2.94. The maximum Gasteiger partial charge on any atom is 0.263 e. The molecule has 0 fully saturated rings. The number of nitrogens with zero attached hydrogens (tertiary/aromatic N) is 1. The van der Waals surface area contributed by atoms with E-state index in [0.29, 0.717) is 5.69 Å². The molecule has 3 N–H and O–H groups in total. The number of aromatic nitrogens is 1. The molecule has 3 aromatic carbocycles. The van der Waals surface area contributed by atoms with Crippen molar-refractivity contribution in [1.82, 2.24) is 4.98 Å². The summed E-state index contributed by atoms with van der Waals surface area (Å²) < 4.78 is 54.8. The van der Waals surface area contributed by atoms with Gasteiger partial charge in [-0.2, -0.15) is 0 Å². The predicted molar refractivity (Wildman–Crippen MR) is 136 cm³/mol. The Bertz CT molecular complexity index is 1560. The van der Waals surface area contributed by atoms with E-state index < -0.39 is 26.0 Å². The zero-order chi connectivity index (χ0) is 25.1. The van der Waals surface area contributed by atoms with Crippen molar-refractivity contribution >= 4 is 65.4 Å². The van der Waals surface area contributed by atoms with Crippen LogP contribution in [0.25, 0.3) is 0 Å². The Morgan fingerprint density at radius 3 is 2.09 bits per heavy atom. The van der Waals surface area contributed by atoms with Crippen molar-refractivity contribution in [3.05, 3.63) is 95.0 Å². The van der Waals surface area contributed by atoms with E-state index >= 15 is 0 Å². The average Bonchev–Trinajstić information content (AvgIpc) is 3.33. The molecule has 0 aliphatic heterocycles. The number of benzene rings is 3. The van der Waals surface area contributed by atoms with Crippen molar-refractivity contribution in [2.45, 2.75) is 9.79 Å². The molecule has 1 heterocycles. The molecule has 9 nitrogen and oxygen atoms in total. The largest absolute Gasteiger partial charge is 0.322 e. The molecule has 35 heavy (non-hydrogen) atoms. The molecular weight excluding hydrogens is 532 g/mol. The van der Waals surface area contributed by atoms with Gasteiger partial charge in [0.1, 0.15) is 0 Å². The number of hydrogen-bond acceptors (Lipinski definition) is 7. The lowest BCUT2D eigenvalue weighted by Gasteiger charge is -2.12. The van der Waals surface area contributed by atoms with Crippen molar-refractivity contribution in [2.75, 3.05) is 14.8 Å². The van der Waals surface area contributed by atoms with Crippen molar-refractivity contribution in [3.63, 3.8) is 0 Å². The summed E-state index contributed by atoms with van der Waals surface area (Å²) in [7, 11) is -7.69. The van der Waals surface area contributed by atoms with Crippen LogP contribution in [0.2, 0.25) is 5.02 Å². The van der Waals surface area contributed by atoms with Crippen LogP contribution in [0.5, 0.6) is 0 Å². The summed E-state index contributed by atoms with van der Waals surface area (Å²) in [5.74, 6) is -0.604. The molecule has 0 spiro atoms. The molecule has 0 bridgehead atoms. The quantitative estimate of drug-likeness (QED) is 0.293. The maximum atomic E-state index is 12.8. The van der Waals surface area contributed by atoms with Crippen LogP contribution in [-0.2, 0) is 20.0 Å². The van der Waals surface area contributed by atoms with Gasteiger partial charge >= 0.3 is 0 Å². The average molecular weight is 549 g/mol. The van der Waals surface area contributed by atoms with Crippen molar-refractivity contribution in [2.24, 2.45) is 0 Å². The molecule has 1 amide bonds. The molecule has 0 unspecified atom stereocenters. The first kappa shape index (κ1) is 24.7. The number of sulfonamides is 2. The number of carbonyl (C=O) groups excluding carboxylic acids is 1. The molecular formula is C22H17ClN4O5S3. The Balaban J connectivity index is 1.49. The zero-order valence-corrected chi connectivity index (χ0v) is 20.9. The number of rotatable bonds is 8. The van der Waals surface area contributed by atoms with Crippen LogP contribution >= 0.6 is 22.9 Å². The van der Waals surface area contributed by atoms with Gasteiger partial charge in [0.25, 0.3) is 26.0 Å². The van der Waals surface area contributed by atoms with Gasteiger partial charge in [0, 0.05) is 23.0 Å². The van der Waals surface area contributed by atoms with Gasteiger partial charge in [-0.3, -0.25) is 14.2 Å². The van der Waals surface area contributed by atoms with Crippen LogP contribution < -0.4 is 14.8 Å². The van der Waals surface area contributed by atoms with Crippen LogP contribution in [-0.4, -0.2) is 27.7 Å². The first-order chi connectivity index (χ1) is 16.6. The summed E-state index contributed by atoms with van der Waals surface area (Å²) >= 11 is 7.31. The molecule has 0 saturated heterocycles. The van der Waals surface area contributed by atoms with Gasteiger partial charge in [0.05, 0.1) is 20.4 Å². The molecule has 0 aliphatic carbocycles. The van der Waals surface area contributed by atoms with Gasteiger partial charge in [-0.15, -0.1) is 11.3 Å². The van der Waals surface area contributed by atoms with Gasteiger partial charge in [0.15, 0.2) is 5.13 Å². The van der Waals surface area contributed by atoms with E-state index in [1.807, 2.05) is 0 Å². The Morgan fingerprint density at radius 2 is 1.43 bits per heavy atom. The lowest BCUT2D eigenvalue weighted by molar-refractivity contribution is 0.102. The van der Waals surface area contributed by atoms with E-state index in [1.165, 1.54) is 60.8 Å². The monoisotopic (exact) mass is 548 g/mol. The molecule has 0 saturated carbocycles. The van der Waals surface area contributed by atoms with Crippen LogP contribution in [0.1, 0.15) is 10.4 Å². The molecule has 0 radical (unpaired) electrons. The highest BCUT2D eigenvalue weighted by Gasteiger charge is 2.18. The van der Waals surface area contributed by atoms with E-state index in [4.69, 9.17) is 11.6 Å². The standard InChI is InChI=1S/C22H17ClN4O5S3/c23-20-11-8-16(26-34(29,30)17-4-2-1-3-5-17)14-19(20)21(28)25-15-6-9-18(10-7-15)35(31,32)27-22-24-12-13-33-22/h1-14,26H,(H,24,27)(H,25,28). The molecule has 4 rings (SSSR count). The fourth-order valence-corrected chi connectivity index (χ4v) is 6.00. The minimum Gasteiger partial charge on any atom is -0.322 e. The lowest BCUT2D eigenvalue weighted by atomic mass is 10.2. The zero-order valence-electron chi connectivity index (χ0n) is 17.7. The summed E-state index contributed by atoms with van der Waals surface area (Å²) in [6.07, 6.45) is 1.48.